The summed E-state index contributed by atoms with van der Waals surface area (Å²) in [5.41, 5.74) is 4.23. The van der Waals surface area contributed by atoms with Crippen LogP contribution in [0.3, 0.4) is 0 Å². The number of ether oxygens (including phenoxy) is 2. The summed E-state index contributed by atoms with van der Waals surface area (Å²) in [6.07, 6.45) is 4.35. The summed E-state index contributed by atoms with van der Waals surface area (Å²) in [6.45, 7) is 3.14. The number of benzene rings is 2. The van der Waals surface area contributed by atoms with Crippen LogP contribution in [0.25, 0.3) is 11.1 Å². The van der Waals surface area contributed by atoms with Crippen molar-refractivity contribution in [3.05, 3.63) is 77.5 Å². The first kappa shape index (κ1) is 19.0. The van der Waals surface area contributed by atoms with Crippen molar-refractivity contribution in [2.45, 2.75) is 26.4 Å². The smallest absolute Gasteiger partial charge is 0.335 e. The molecule has 0 saturated heterocycles. The predicted octanol–water partition coefficient (Wildman–Crippen LogP) is 5.12. The van der Waals surface area contributed by atoms with Crippen LogP contribution in [0, 0.1) is 12.8 Å². The molecule has 1 aliphatic carbocycles. The number of nitrogens with zero attached hydrogens (tertiary/aromatic N) is 1. The minimum atomic E-state index is -0.932. The average Bonchev–Trinajstić information content (AvgIpc) is 3.56. The zero-order valence-electron chi connectivity index (χ0n) is 16.3. The highest BCUT2D eigenvalue weighted by atomic mass is 16.5. The molecule has 1 N–H and O–H groups in total. The van der Waals surface area contributed by atoms with Gasteiger partial charge < -0.3 is 14.6 Å². The van der Waals surface area contributed by atoms with Gasteiger partial charge >= 0.3 is 5.97 Å². The van der Waals surface area contributed by atoms with E-state index in [9.17, 15) is 4.79 Å². The van der Waals surface area contributed by atoms with Crippen molar-refractivity contribution < 1.29 is 19.4 Å². The minimum Gasteiger partial charge on any atom is -0.489 e. The molecule has 5 heteroatoms. The maximum absolute atomic E-state index is 10.9. The number of hydrogen-bond donors (Lipinski definition) is 1. The lowest BCUT2D eigenvalue weighted by Gasteiger charge is -2.11. The van der Waals surface area contributed by atoms with E-state index >= 15 is 0 Å². The highest BCUT2D eigenvalue weighted by molar-refractivity contribution is 5.87. The number of carbonyl (C=O) groups is 1. The van der Waals surface area contributed by atoms with Gasteiger partial charge in [0.25, 0.3) is 0 Å². The molecule has 0 atom stereocenters. The Morgan fingerprint density at radius 1 is 1.07 bits per heavy atom. The normalized spacial score (nSPS) is 13.1. The molecule has 0 bridgehead atoms. The quantitative estimate of drug-likeness (QED) is 0.579. The Morgan fingerprint density at radius 2 is 1.86 bits per heavy atom. The first-order valence-electron chi connectivity index (χ1n) is 9.73. The summed E-state index contributed by atoms with van der Waals surface area (Å²) in [5, 5.41) is 8.97. The summed E-state index contributed by atoms with van der Waals surface area (Å²) >= 11 is 0. The Kier molecular flexibility index (Phi) is 5.47. The molecule has 0 aliphatic heterocycles. The molecule has 2 aromatic carbocycles. The second kappa shape index (κ2) is 8.35. The number of rotatable bonds is 8. The Labute approximate surface area is 169 Å². The number of carboxylic acid groups (broad SMARTS) is 1. The molecular weight excluding hydrogens is 366 g/mol. The van der Waals surface area contributed by atoms with Crippen LogP contribution in [-0.4, -0.2) is 22.7 Å². The Balaban J connectivity index is 1.42. The molecule has 0 unspecified atom stereocenters. The Bertz CT molecular complexity index is 1010. The van der Waals surface area contributed by atoms with Crippen molar-refractivity contribution >= 4 is 5.97 Å². The van der Waals surface area contributed by atoms with E-state index in [0.717, 1.165) is 34.6 Å². The number of pyridine rings is 1. The van der Waals surface area contributed by atoms with E-state index in [1.54, 1.807) is 24.3 Å². The average molecular weight is 389 g/mol. The van der Waals surface area contributed by atoms with E-state index in [1.165, 1.54) is 12.8 Å². The van der Waals surface area contributed by atoms with Gasteiger partial charge in [0.05, 0.1) is 12.2 Å². The van der Waals surface area contributed by atoms with Crippen LogP contribution in [0.4, 0.5) is 0 Å². The zero-order valence-corrected chi connectivity index (χ0v) is 16.3. The fourth-order valence-corrected chi connectivity index (χ4v) is 3.03. The maximum Gasteiger partial charge on any atom is 0.335 e. The van der Waals surface area contributed by atoms with Crippen molar-refractivity contribution in [3.63, 3.8) is 0 Å². The van der Waals surface area contributed by atoms with Gasteiger partial charge in [-0.05, 0) is 67.1 Å². The van der Waals surface area contributed by atoms with Crippen molar-refractivity contribution in [2.75, 3.05) is 6.61 Å². The van der Waals surface area contributed by atoms with Crippen molar-refractivity contribution in [2.24, 2.45) is 5.92 Å². The van der Waals surface area contributed by atoms with Crippen molar-refractivity contribution in [1.82, 2.24) is 4.98 Å². The molecule has 148 valence electrons. The molecular formula is C24H23NO4. The summed E-state index contributed by atoms with van der Waals surface area (Å²) < 4.78 is 11.7. The largest absolute Gasteiger partial charge is 0.489 e. The predicted molar refractivity (Wildman–Crippen MR) is 110 cm³/mol. The summed E-state index contributed by atoms with van der Waals surface area (Å²) in [5.74, 6) is 1.22. The van der Waals surface area contributed by atoms with Crippen molar-refractivity contribution in [1.29, 1.82) is 0 Å². The van der Waals surface area contributed by atoms with E-state index in [4.69, 9.17) is 14.6 Å². The molecule has 1 heterocycles. The number of carboxylic acids is 1. The molecule has 29 heavy (non-hydrogen) atoms. The molecule has 1 saturated carbocycles. The highest BCUT2D eigenvalue weighted by Crippen LogP contribution is 2.31. The first-order valence-corrected chi connectivity index (χ1v) is 9.73. The summed E-state index contributed by atoms with van der Waals surface area (Å²) in [4.78, 5) is 15.4. The van der Waals surface area contributed by atoms with Gasteiger partial charge in [0.15, 0.2) is 0 Å². The minimum absolute atomic E-state index is 0.267. The third-order valence-electron chi connectivity index (χ3n) is 4.96. The molecule has 4 rings (SSSR count). The lowest BCUT2D eigenvalue weighted by Crippen LogP contribution is -2.02. The van der Waals surface area contributed by atoms with Gasteiger partial charge in [-0.2, -0.15) is 0 Å². The van der Waals surface area contributed by atoms with Gasteiger partial charge in [-0.3, -0.25) is 0 Å². The number of aromatic nitrogens is 1. The Hall–Kier alpha value is -3.34. The van der Waals surface area contributed by atoms with Gasteiger partial charge in [0.1, 0.15) is 12.4 Å². The molecule has 0 radical (unpaired) electrons. The Morgan fingerprint density at radius 3 is 2.55 bits per heavy atom. The van der Waals surface area contributed by atoms with Crippen LogP contribution in [0.5, 0.6) is 11.6 Å². The van der Waals surface area contributed by atoms with Gasteiger partial charge in [-0.25, -0.2) is 9.78 Å². The van der Waals surface area contributed by atoms with Crippen LogP contribution >= 0.6 is 0 Å². The maximum atomic E-state index is 10.9. The summed E-state index contributed by atoms with van der Waals surface area (Å²) in [6, 6.07) is 16.6. The topological polar surface area (TPSA) is 68.7 Å². The molecule has 0 spiro atoms. The van der Waals surface area contributed by atoms with E-state index < -0.39 is 5.97 Å². The lowest BCUT2D eigenvalue weighted by molar-refractivity contribution is 0.0697. The number of aryl methyl sites for hydroxylation is 1. The molecule has 1 fully saturated rings. The molecule has 5 nitrogen and oxygen atoms in total. The number of aromatic carboxylic acids is 1. The molecule has 3 aromatic rings. The lowest BCUT2D eigenvalue weighted by atomic mass is 10.1. The standard InChI is InChI=1S/C24H23NO4/c1-16-11-21(13-25-23(16)29-15-17-5-6-17)20-3-2-4-22(12-20)28-14-18-7-9-19(10-8-18)24(26)27/h2-4,7-13,17H,5-6,14-15H2,1H3,(H,26,27). The van der Waals surface area contributed by atoms with Gasteiger partial charge in [0.2, 0.25) is 5.88 Å². The third-order valence-corrected chi connectivity index (χ3v) is 4.96. The highest BCUT2D eigenvalue weighted by Gasteiger charge is 2.22. The zero-order chi connectivity index (χ0) is 20.2. The van der Waals surface area contributed by atoms with Crippen LogP contribution in [0.2, 0.25) is 0 Å². The fraction of sp³-hybridized carbons (Fsp3) is 0.250. The second-order valence-corrected chi connectivity index (χ2v) is 7.42. The second-order valence-electron chi connectivity index (χ2n) is 7.42. The first-order chi connectivity index (χ1) is 14.1. The monoisotopic (exact) mass is 389 g/mol. The van der Waals surface area contributed by atoms with Gasteiger partial charge in [-0.15, -0.1) is 0 Å². The molecule has 0 amide bonds. The van der Waals surface area contributed by atoms with E-state index in [2.05, 4.69) is 11.1 Å². The molecule has 1 aromatic heterocycles. The van der Waals surface area contributed by atoms with E-state index in [0.29, 0.717) is 18.4 Å². The van der Waals surface area contributed by atoms with Crippen LogP contribution < -0.4 is 9.47 Å². The van der Waals surface area contributed by atoms with Gasteiger partial charge in [-0.1, -0.05) is 24.3 Å². The third kappa shape index (κ3) is 4.93. The number of hydrogen-bond acceptors (Lipinski definition) is 4. The fourth-order valence-electron chi connectivity index (χ4n) is 3.03. The summed E-state index contributed by atoms with van der Waals surface area (Å²) in [7, 11) is 0. The molecule has 1 aliphatic rings. The van der Waals surface area contributed by atoms with Crippen LogP contribution in [-0.2, 0) is 6.61 Å². The van der Waals surface area contributed by atoms with Crippen LogP contribution in [0.15, 0.2) is 60.8 Å². The SMILES string of the molecule is Cc1cc(-c2cccc(OCc3ccc(C(=O)O)cc3)c2)cnc1OCC1CC1. The van der Waals surface area contributed by atoms with Crippen molar-refractivity contribution in [3.8, 4) is 22.8 Å². The van der Waals surface area contributed by atoms with Crippen LogP contribution in [0.1, 0.15) is 34.3 Å². The van der Waals surface area contributed by atoms with Gasteiger partial charge in [0, 0.05) is 17.3 Å². The van der Waals surface area contributed by atoms with E-state index in [-0.39, 0.29) is 5.56 Å². The van der Waals surface area contributed by atoms with E-state index in [1.807, 2.05) is 37.4 Å².